The van der Waals surface area contributed by atoms with Gasteiger partial charge in [-0.3, -0.25) is 9.05 Å². The molecule has 2 saturated carbocycles. The van der Waals surface area contributed by atoms with Crippen LogP contribution in [0.2, 0.25) is 0 Å². The van der Waals surface area contributed by atoms with Crippen LogP contribution in [-0.4, -0.2) is 58.9 Å². The van der Waals surface area contributed by atoms with Crippen molar-refractivity contribution in [1.82, 2.24) is 19.5 Å². The van der Waals surface area contributed by atoms with E-state index in [1.807, 2.05) is 0 Å². The van der Waals surface area contributed by atoms with Gasteiger partial charge in [0.15, 0.2) is 17.0 Å². The molecule has 0 unspecified atom stereocenters. The number of fused-ring (bicyclic) bond motifs is 2. The van der Waals surface area contributed by atoms with Crippen LogP contribution in [0, 0.1) is 11.3 Å². The van der Waals surface area contributed by atoms with Crippen LogP contribution in [0.15, 0.2) is 11.1 Å². The summed E-state index contributed by atoms with van der Waals surface area (Å²) >= 11 is 3.25. The van der Waals surface area contributed by atoms with Crippen molar-refractivity contribution in [2.75, 3.05) is 19.0 Å². The molecular formula is C13H18BrN5O8P2. The molecule has 4 rings (SSSR count). The minimum atomic E-state index is -4.82. The van der Waals surface area contributed by atoms with Crippen LogP contribution in [-0.2, 0) is 18.2 Å². The molecule has 16 heteroatoms. The third-order valence-corrected chi connectivity index (χ3v) is 6.84. The van der Waals surface area contributed by atoms with Gasteiger partial charge in [0.1, 0.15) is 0 Å². The molecule has 2 aromatic heterocycles. The van der Waals surface area contributed by atoms with E-state index in [0.29, 0.717) is 28.1 Å². The van der Waals surface area contributed by atoms with Crippen LogP contribution in [0.4, 0.5) is 5.82 Å². The molecular weight excluding hydrogens is 496 g/mol. The summed E-state index contributed by atoms with van der Waals surface area (Å²) in [6, 6.07) is -0.302. The molecule has 13 nitrogen and oxygen atoms in total. The van der Waals surface area contributed by atoms with E-state index in [1.54, 1.807) is 17.9 Å². The summed E-state index contributed by atoms with van der Waals surface area (Å²) in [7, 11) is -7.88. The fourth-order valence-electron chi connectivity index (χ4n) is 4.25. The molecule has 5 N–H and O–H groups in total. The van der Waals surface area contributed by atoms with Crippen LogP contribution < -0.4 is 5.32 Å². The number of phosphoric ester groups is 2. The number of halogens is 1. The van der Waals surface area contributed by atoms with Crippen molar-refractivity contribution in [1.29, 1.82) is 0 Å². The number of anilines is 1. The summed E-state index contributed by atoms with van der Waals surface area (Å²) in [6.07, 6.45) is 1.23. The third-order valence-electron chi connectivity index (χ3n) is 5.49. The quantitative estimate of drug-likeness (QED) is 0.262. The topological polar surface area (TPSA) is 189 Å². The van der Waals surface area contributed by atoms with Crippen molar-refractivity contribution in [3.05, 3.63) is 11.1 Å². The zero-order chi connectivity index (χ0) is 21.2. The van der Waals surface area contributed by atoms with Gasteiger partial charge in [-0.05, 0) is 34.7 Å². The molecule has 2 aliphatic carbocycles. The molecule has 0 aliphatic heterocycles. The van der Waals surface area contributed by atoms with Gasteiger partial charge < -0.3 is 29.5 Å². The smallest absolute Gasteiger partial charge is 0.371 e. The third kappa shape index (κ3) is 4.01. The van der Waals surface area contributed by atoms with E-state index in [1.165, 1.54) is 0 Å². The molecule has 2 aliphatic rings. The number of nitrogens with one attached hydrogen (secondary N) is 1. The number of aromatic nitrogens is 4. The van der Waals surface area contributed by atoms with Gasteiger partial charge >= 0.3 is 15.6 Å². The van der Waals surface area contributed by atoms with Crippen molar-refractivity contribution < 1.29 is 37.8 Å². The van der Waals surface area contributed by atoms with Crippen molar-refractivity contribution in [3.63, 3.8) is 0 Å². The zero-order valence-electron chi connectivity index (χ0n) is 14.9. The number of hydrogen-bond acceptors (Lipinski definition) is 8. The Kier molecular flexibility index (Phi) is 5.17. The van der Waals surface area contributed by atoms with Crippen molar-refractivity contribution in [2.45, 2.75) is 25.0 Å². The number of imidazole rings is 1. The first kappa shape index (κ1) is 21.3. The number of rotatable bonds is 7. The highest BCUT2D eigenvalue weighted by atomic mass is 79.9. The lowest BCUT2D eigenvalue weighted by Gasteiger charge is -2.24. The summed E-state index contributed by atoms with van der Waals surface area (Å²) in [4.78, 5) is 49.6. The highest BCUT2D eigenvalue weighted by Gasteiger charge is 2.70. The minimum Gasteiger partial charge on any atom is -0.371 e. The van der Waals surface area contributed by atoms with Crippen molar-refractivity contribution in [2.24, 2.45) is 11.3 Å². The van der Waals surface area contributed by atoms with Gasteiger partial charge in [0.25, 0.3) is 0 Å². The Hall–Kier alpha value is -0.950. The number of hydrogen-bond donors (Lipinski definition) is 5. The van der Waals surface area contributed by atoms with Gasteiger partial charge in [-0.1, -0.05) is 0 Å². The average Bonchev–Trinajstić information content (AvgIpc) is 3.07. The molecule has 0 saturated heterocycles. The van der Waals surface area contributed by atoms with Crippen LogP contribution in [0.5, 0.6) is 0 Å². The predicted octanol–water partition coefficient (Wildman–Crippen LogP) is 1.17. The van der Waals surface area contributed by atoms with E-state index in [4.69, 9.17) is 14.3 Å². The first-order valence-electron chi connectivity index (χ1n) is 8.45. The molecule has 0 spiro atoms. The van der Waals surface area contributed by atoms with Gasteiger partial charge in [0.2, 0.25) is 4.73 Å². The maximum atomic E-state index is 11.5. The standard InChI is InChI=1S/C13H18BrN5O8P2/c1-15-10-9-11(18-12(14)17-10)19(5-16-9)7-2-8(27-29(23,24)25)13(3-6(7)13)4-26-28(20,21)22/h5-8H,2-4H2,1H3,(H,15,17,18)(H2,20,21,22)(H2,23,24,25)/t6-,7+,8+,13-/m1/s1. The van der Waals surface area contributed by atoms with Crippen LogP contribution in [0.3, 0.4) is 0 Å². The number of nitrogens with zero attached hydrogens (tertiary/aromatic N) is 4. The SMILES string of the molecule is CNc1nc(Br)nc2c1ncn2[C@H]1C[C@H](OP(=O)(O)O)[C@@]2(COP(=O)(O)O)C[C@H]12. The van der Waals surface area contributed by atoms with Gasteiger partial charge in [-0.2, -0.15) is 0 Å². The molecule has 0 radical (unpaired) electrons. The monoisotopic (exact) mass is 513 g/mol. The second-order valence-electron chi connectivity index (χ2n) is 7.11. The van der Waals surface area contributed by atoms with Crippen molar-refractivity contribution in [3.8, 4) is 0 Å². The van der Waals surface area contributed by atoms with E-state index in [-0.39, 0.29) is 25.0 Å². The fourth-order valence-corrected chi connectivity index (χ4v) is 5.63. The van der Waals surface area contributed by atoms with Crippen LogP contribution in [0.25, 0.3) is 11.2 Å². The lowest BCUT2D eigenvalue weighted by molar-refractivity contribution is 0.0499. The van der Waals surface area contributed by atoms with Crippen LogP contribution in [0.1, 0.15) is 18.9 Å². The predicted molar refractivity (Wildman–Crippen MR) is 102 cm³/mol. The van der Waals surface area contributed by atoms with Gasteiger partial charge in [-0.15, -0.1) is 0 Å². The molecule has 2 heterocycles. The zero-order valence-corrected chi connectivity index (χ0v) is 18.3. The molecule has 2 fully saturated rings. The minimum absolute atomic E-state index is 0.185. The maximum Gasteiger partial charge on any atom is 0.469 e. The molecule has 0 bridgehead atoms. The first-order chi connectivity index (χ1) is 13.4. The first-order valence-corrected chi connectivity index (χ1v) is 12.3. The number of phosphoric acid groups is 2. The normalized spacial score (nSPS) is 29.2. The van der Waals surface area contributed by atoms with Gasteiger partial charge in [0.05, 0.1) is 19.0 Å². The highest BCUT2D eigenvalue weighted by molar-refractivity contribution is 9.10. The molecule has 0 amide bonds. The second-order valence-corrected chi connectivity index (χ2v) is 10.3. The molecule has 29 heavy (non-hydrogen) atoms. The van der Waals surface area contributed by atoms with E-state index in [2.05, 4.69) is 40.7 Å². The van der Waals surface area contributed by atoms with E-state index < -0.39 is 27.2 Å². The Labute approximate surface area is 172 Å². The largest absolute Gasteiger partial charge is 0.469 e. The summed E-state index contributed by atoms with van der Waals surface area (Å²) in [5.41, 5.74) is 0.113. The molecule has 0 aromatic carbocycles. The van der Waals surface area contributed by atoms with E-state index in [0.717, 1.165) is 0 Å². The van der Waals surface area contributed by atoms with Gasteiger partial charge in [0, 0.05) is 18.5 Å². The molecule has 4 atom stereocenters. The van der Waals surface area contributed by atoms with Crippen LogP contribution >= 0.6 is 31.6 Å². The van der Waals surface area contributed by atoms with E-state index >= 15 is 0 Å². The van der Waals surface area contributed by atoms with E-state index in [9.17, 15) is 18.9 Å². The summed E-state index contributed by atoms with van der Waals surface area (Å²) in [6.45, 7) is -0.379. The Bertz CT molecular complexity index is 1060. The van der Waals surface area contributed by atoms with Gasteiger partial charge in [-0.25, -0.2) is 24.1 Å². The second kappa shape index (κ2) is 7.04. The maximum absolute atomic E-state index is 11.5. The average molecular weight is 514 g/mol. The molecule has 160 valence electrons. The molecule has 2 aromatic rings. The fraction of sp³-hybridized carbons (Fsp3) is 0.615. The van der Waals surface area contributed by atoms with Crippen molar-refractivity contribution >= 4 is 48.6 Å². The Balaban J connectivity index is 1.70. The Morgan fingerprint density at radius 1 is 1.31 bits per heavy atom. The Morgan fingerprint density at radius 3 is 2.66 bits per heavy atom. The summed E-state index contributed by atoms with van der Waals surface area (Å²) < 4.78 is 34.4. The summed E-state index contributed by atoms with van der Waals surface area (Å²) in [5, 5.41) is 2.93. The Morgan fingerprint density at radius 2 is 2.03 bits per heavy atom. The summed E-state index contributed by atoms with van der Waals surface area (Å²) in [5.74, 6) is 0.323. The highest BCUT2D eigenvalue weighted by Crippen LogP contribution is 2.71. The lowest BCUT2D eigenvalue weighted by Crippen LogP contribution is -2.26. The lowest BCUT2D eigenvalue weighted by atomic mass is 10.0.